The van der Waals surface area contributed by atoms with E-state index in [1.54, 1.807) is 0 Å². The highest BCUT2D eigenvalue weighted by Crippen LogP contribution is 2.12. The molecule has 0 atom stereocenters. The number of nitrogens with one attached hydrogen (secondary N) is 1. The second-order valence-electron chi connectivity index (χ2n) is 4.29. The molecule has 0 radical (unpaired) electrons. The van der Waals surface area contributed by atoms with Crippen LogP contribution in [0.3, 0.4) is 0 Å². The second-order valence-corrected chi connectivity index (χ2v) is 5.17. The van der Waals surface area contributed by atoms with E-state index in [9.17, 15) is 4.79 Å². The summed E-state index contributed by atoms with van der Waals surface area (Å²) < 4.78 is 1.84. The van der Waals surface area contributed by atoms with Crippen LogP contribution in [0.1, 0.15) is 12.0 Å². The van der Waals surface area contributed by atoms with Crippen LogP contribution in [0.2, 0.25) is 0 Å². The quantitative estimate of drug-likeness (QED) is 0.931. The van der Waals surface area contributed by atoms with Crippen LogP contribution in [0.15, 0.2) is 40.8 Å². The van der Waals surface area contributed by atoms with Gasteiger partial charge in [-0.2, -0.15) is 4.99 Å². The molecule has 0 aliphatic heterocycles. The first-order chi connectivity index (χ1) is 9.16. The van der Waals surface area contributed by atoms with Crippen molar-refractivity contribution in [2.24, 2.45) is 12.0 Å². The number of aromatic nitrogens is 1. The lowest BCUT2D eigenvalue weighted by Gasteiger charge is -2.07. The molecule has 1 amide bonds. The number of aryl methyl sites for hydroxylation is 2. The van der Waals surface area contributed by atoms with E-state index in [-0.39, 0.29) is 5.91 Å². The fourth-order valence-corrected chi connectivity index (χ4v) is 2.42. The Morgan fingerprint density at radius 2 is 2.21 bits per heavy atom. The summed E-state index contributed by atoms with van der Waals surface area (Å²) in [6, 6.07) is 8.03. The van der Waals surface area contributed by atoms with Gasteiger partial charge < -0.3 is 9.88 Å². The van der Waals surface area contributed by atoms with Gasteiger partial charge in [0.25, 0.3) is 0 Å². The van der Waals surface area contributed by atoms with Crippen molar-refractivity contribution in [2.75, 3.05) is 11.9 Å². The maximum absolute atomic E-state index is 11.7. The summed E-state index contributed by atoms with van der Waals surface area (Å²) in [7, 11) is 1.88. The lowest BCUT2D eigenvalue weighted by Crippen LogP contribution is -2.14. The van der Waals surface area contributed by atoms with Gasteiger partial charge in [-0.3, -0.25) is 4.79 Å². The summed E-state index contributed by atoms with van der Waals surface area (Å²) in [6.45, 7) is 2.64. The van der Waals surface area contributed by atoms with Crippen molar-refractivity contribution in [2.45, 2.75) is 13.3 Å². The van der Waals surface area contributed by atoms with Gasteiger partial charge in [0.15, 0.2) is 4.80 Å². The minimum absolute atomic E-state index is 0.0980. The van der Waals surface area contributed by atoms with E-state index in [4.69, 9.17) is 0 Å². The predicted octanol–water partition coefficient (Wildman–Crippen LogP) is 2.32. The predicted molar refractivity (Wildman–Crippen MR) is 78.1 cm³/mol. The highest BCUT2D eigenvalue weighted by molar-refractivity contribution is 7.07. The van der Waals surface area contributed by atoms with Crippen LogP contribution in [0.5, 0.6) is 0 Å². The first kappa shape index (κ1) is 13.5. The van der Waals surface area contributed by atoms with Crippen molar-refractivity contribution in [1.29, 1.82) is 0 Å². The number of rotatable bonds is 4. The van der Waals surface area contributed by atoms with Crippen LogP contribution >= 0.6 is 11.3 Å². The second kappa shape index (κ2) is 6.33. The van der Waals surface area contributed by atoms with Crippen molar-refractivity contribution < 1.29 is 4.79 Å². The average molecular weight is 275 g/mol. The minimum Gasteiger partial charge on any atom is -0.384 e. The Bertz CT molecular complexity index is 627. The molecule has 0 unspecified atom stereocenters. The molecule has 0 saturated carbocycles. The molecule has 2 rings (SSSR count). The third-order valence-electron chi connectivity index (χ3n) is 2.78. The van der Waals surface area contributed by atoms with E-state index in [0.29, 0.717) is 13.0 Å². The lowest BCUT2D eigenvalue weighted by molar-refractivity contribution is -0.117. The lowest BCUT2D eigenvalue weighted by atomic mass is 10.2. The smallest absolute Gasteiger partial charge is 0.250 e. The Hall–Kier alpha value is -1.88. The molecule has 0 fully saturated rings. The zero-order valence-corrected chi connectivity index (χ0v) is 11.9. The Morgan fingerprint density at radius 3 is 2.89 bits per heavy atom. The fraction of sp³-hybridized carbons (Fsp3) is 0.286. The Balaban J connectivity index is 1.89. The summed E-state index contributed by atoms with van der Waals surface area (Å²) in [4.78, 5) is 16.5. The van der Waals surface area contributed by atoms with E-state index in [0.717, 1.165) is 10.5 Å². The summed E-state index contributed by atoms with van der Waals surface area (Å²) in [5, 5.41) is 5.17. The number of hydrogen-bond acceptors (Lipinski definition) is 3. The minimum atomic E-state index is -0.0980. The normalized spacial score (nSPS) is 11.6. The molecule has 1 N–H and O–H groups in total. The van der Waals surface area contributed by atoms with E-state index < -0.39 is 0 Å². The number of thiazole rings is 1. The molecule has 100 valence electrons. The van der Waals surface area contributed by atoms with Crippen molar-refractivity contribution >= 4 is 22.9 Å². The van der Waals surface area contributed by atoms with Gasteiger partial charge in [0.05, 0.1) is 0 Å². The molecule has 0 bridgehead atoms. The molecule has 0 aliphatic carbocycles. The van der Waals surface area contributed by atoms with Crippen molar-refractivity contribution in [3.05, 3.63) is 46.2 Å². The van der Waals surface area contributed by atoms with E-state index in [2.05, 4.69) is 10.3 Å². The van der Waals surface area contributed by atoms with Crippen LogP contribution < -0.4 is 10.1 Å². The molecular weight excluding hydrogens is 258 g/mol. The van der Waals surface area contributed by atoms with Gasteiger partial charge in [-0.05, 0) is 18.6 Å². The maximum atomic E-state index is 11.7. The highest BCUT2D eigenvalue weighted by atomic mass is 32.1. The summed E-state index contributed by atoms with van der Waals surface area (Å²) in [5.41, 5.74) is 2.24. The number of carbonyl (C=O) groups is 1. The topological polar surface area (TPSA) is 46.4 Å². The van der Waals surface area contributed by atoms with Crippen molar-refractivity contribution in [3.63, 3.8) is 0 Å². The number of anilines is 1. The zero-order chi connectivity index (χ0) is 13.7. The van der Waals surface area contributed by atoms with Gasteiger partial charge in [0.1, 0.15) is 0 Å². The first-order valence-corrected chi connectivity index (χ1v) is 7.02. The third kappa shape index (κ3) is 3.79. The molecular formula is C14H17N3OS. The van der Waals surface area contributed by atoms with Gasteiger partial charge in [-0.1, -0.05) is 18.2 Å². The molecule has 0 aliphatic rings. The van der Waals surface area contributed by atoms with Crippen LogP contribution in [0.4, 0.5) is 5.69 Å². The molecule has 0 spiro atoms. The van der Waals surface area contributed by atoms with Gasteiger partial charge in [0.2, 0.25) is 5.91 Å². The fourth-order valence-electron chi connectivity index (χ4n) is 1.67. The van der Waals surface area contributed by atoms with Crippen LogP contribution in [-0.2, 0) is 11.8 Å². The molecule has 0 saturated heterocycles. The molecule has 1 aromatic carbocycles. The standard InChI is InChI=1S/C14H17N3OS/c1-11-5-3-4-6-12(11)15-8-7-13(18)16-14-17(2)9-10-19-14/h3-6,9-10,15H,7-8H2,1-2H3. The van der Waals surface area contributed by atoms with Gasteiger partial charge in [0, 0.05) is 37.3 Å². The number of hydrogen-bond donors (Lipinski definition) is 1. The Kier molecular flexibility index (Phi) is 4.52. The van der Waals surface area contributed by atoms with Gasteiger partial charge in [-0.15, -0.1) is 11.3 Å². The molecule has 2 aromatic rings. The van der Waals surface area contributed by atoms with Gasteiger partial charge >= 0.3 is 0 Å². The largest absolute Gasteiger partial charge is 0.384 e. The van der Waals surface area contributed by atoms with Crippen LogP contribution in [0, 0.1) is 6.92 Å². The average Bonchev–Trinajstić information content (AvgIpc) is 2.77. The summed E-state index contributed by atoms with van der Waals surface area (Å²) >= 11 is 1.47. The molecule has 19 heavy (non-hydrogen) atoms. The Morgan fingerprint density at radius 1 is 1.42 bits per heavy atom. The number of amides is 1. The van der Waals surface area contributed by atoms with E-state index in [1.807, 2.05) is 54.4 Å². The van der Waals surface area contributed by atoms with Crippen molar-refractivity contribution in [3.8, 4) is 0 Å². The van der Waals surface area contributed by atoms with E-state index >= 15 is 0 Å². The summed E-state index contributed by atoms with van der Waals surface area (Å²) in [6.07, 6.45) is 2.29. The molecule has 5 heteroatoms. The highest BCUT2D eigenvalue weighted by Gasteiger charge is 2.01. The number of carbonyl (C=O) groups excluding carboxylic acids is 1. The third-order valence-corrected chi connectivity index (χ3v) is 3.63. The molecule has 4 nitrogen and oxygen atoms in total. The van der Waals surface area contributed by atoms with Crippen molar-refractivity contribution in [1.82, 2.24) is 4.57 Å². The number of benzene rings is 1. The summed E-state index contributed by atoms with van der Waals surface area (Å²) in [5.74, 6) is -0.0980. The monoisotopic (exact) mass is 275 g/mol. The zero-order valence-electron chi connectivity index (χ0n) is 11.1. The first-order valence-electron chi connectivity index (χ1n) is 6.14. The van der Waals surface area contributed by atoms with E-state index in [1.165, 1.54) is 16.9 Å². The van der Waals surface area contributed by atoms with Gasteiger partial charge in [-0.25, -0.2) is 0 Å². The van der Waals surface area contributed by atoms with Crippen LogP contribution in [-0.4, -0.2) is 17.0 Å². The number of nitrogens with zero attached hydrogens (tertiary/aromatic N) is 2. The molecule has 1 heterocycles. The maximum Gasteiger partial charge on any atom is 0.250 e. The Labute approximate surface area is 116 Å². The SMILES string of the molecule is Cc1ccccc1NCCC(=O)N=c1sccn1C. The molecule has 1 aromatic heterocycles. The number of para-hydroxylation sites is 1. The van der Waals surface area contributed by atoms with Crippen LogP contribution in [0.25, 0.3) is 0 Å².